The highest BCUT2D eigenvalue weighted by molar-refractivity contribution is 7.93. The number of aliphatic hydroxyl groups is 1. The molecule has 3 aliphatic carbocycles. The minimum absolute atomic E-state index is 0.206. The number of benzene rings is 2. The lowest BCUT2D eigenvalue weighted by molar-refractivity contribution is 0.0121. The van der Waals surface area contributed by atoms with E-state index in [-0.39, 0.29) is 10.7 Å². The van der Waals surface area contributed by atoms with Crippen LogP contribution in [0.15, 0.2) is 36.4 Å². The van der Waals surface area contributed by atoms with Crippen molar-refractivity contribution in [3.8, 4) is 0 Å². The molecule has 0 radical (unpaired) electrons. The third-order valence-electron chi connectivity index (χ3n) is 8.90. The third-order valence-corrected chi connectivity index (χ3v) is 10.8. The minimum atomic E-state index is -3.28. The highest BCUT2D eigenvalue weighted by atomic mass is 32.2. The fourth-order valence-electron chi connectivity index (χ4n) is 6.97. The molecule has 3 atom stereocenters. The molecule has 3 fully saturated rings. The summed E-state index contributed by atoms with van der Waals surface area (Å²) in [5.74, 6) is -0.622. The van der Waals surface area contributed by atoms with Gasteiger partial charge in [0.1, 0.15) is 0 Å². The van der Waals surface area contributed by atoms with Gasteiger partial charge in [-0.2, -0.15) is 0 Å². The molecular formula is C27H32F2N2O3S. The van der Waals surface area contributed by atoms with Crippen molar-refractivity contribution in [1.82, 2.24) is 4.90 Å². The van der Waals surface area contributed by atoms with Crippen molar-refractivity contribution in [2.75, 3.05) is 24.4 Å². The van der Waals surface area contributed by atoms with E-state index < -0.39 is 27.3 Å². The van der Waals surface area contributed by atoms with Gasteiger partial charge in [0.05, 0.1) is 10.9 Å². The summed E-state index contributed by atoms with van der Waals surface area (Å²) in [4.78, 5) is 2.31. The third kappa shape index (κ3) is 4.17. The van der Waals surface area contributed by atoms with E-state index in [4.69, 9.17) is 0 Å². The molecule has 2 aromatic rings. The molecule has 0 amide bonds. The molecule has 0 bridgehead atoms. The number of sulfonamides is 1. The molecule has 1 unspecified atom stereocenters. The van der Waals surface area contributed by atoms with Gasteiger partial charge in [-0.25, -0.2) is 17.2 Å². The van der Waals surface area contributed by atoms with Crippen molar-refractivity contribution >= 4 is 15.7 Å². The van der Waals surface area contributed by atoms with E-state index in [0.29, 0.717) is 48.0 Å². The molecular weight excluding hydrogens is 470 g/mol. The summed E-state index contributed by atoms with van der Waals surface area (Å²) >= 11 is 0. The van der Waals surface area contributed by atoms with Gasteiger partial charge in [0.15, 0.2) is 11.6 Å². The van der Waals surface area contributed by atoms with Gasteiger partial charge in [-0.3, -0.25) is 9.62 Å². The zero-order valence-electron chi connectivity index (χ0n) is 19.9. The van der Waals surface area contributed by atoms with Crippen LogP contribution in [0.4, 0.5) is 14.5 Å². The summed E-state index contributed by atoms with van der Waals surface area (Å²) in [6.07, 6.45) is 4.16. The number of anilines is 1. The molecule has 5 nitrogen and oxygen atoms in total. The van der Waals surface area contributed by atoms with Crippen LogP contribution in [-0.4, -0.2) is 48.9 Å². The number of hydrogen-bond acceptors (Lipinski definition) is 4. The summed E-state index contributed by atoms with van der Waals surface area (Å²) in [5.41, 5.74) is 2.42. The second-order valence-electron chi connectivity index (χ2n) is 11.3. The van der Waals surface area contributed by atoms with Crippen molar-refractivity contribution in [2.24, 2.45) is 17.3 Å². The average molecular weight is 503 g/mol. The molecule has 1 aliphatic heterocycles. The van der Waals surface area contributed by atoms with Crippen LogP contribution in [0.3, 0.4) is 0 Å². The minimum Gasteiger partial charge on any atom is -0.388 e. The van der Waals surface area contributed by atoms with Gasteiger partial charge in [0.2, 0.25) is 10.0 Å². The van der Waals surface area contributed by atoms with Crippen LogP contribution in [-0.2, 0) is 29.3 Å². The van der Waals surface area contributed by atoms with Crippen molar-refractivity contribution in [2.45, 2.75) is 56.3 Å². The molecule has 188 valence electrons. The number of rotatable bonds is 8. The molecule has 35 heavy (non-hydrogen) atoms. The number of fused-ring (bicyclic) bond motifs is 2. The molecule has 2 saturated carbocycles. The normalized spacial score (nSPS) is 29.1. The Bertz CT molecular complexity index is 1230. The molecule has 4 aliphatic rings. The Kier molecular flexibility index (Phi) is 5.33. The molecule has 6 rings (SSSR count). The predicted octanol–water partition coefficient (Wildman–Crippen LogP) is 3.90. The van der Waals surface area contributed by atoms with E-state index in [9.17, 15) is 22.3 Å². The largest absolute Gasteiger partial charge is 0.388 e. The first kappa shape index (κ1) is 23.4. The number of nitrogens with zero attached hydrogens (tertiary/aromatic N) is 1. The topological polar surface area (TPSA) is 69.6 Å². The Hall–Kier alpha value is -2.03. The Balaban J connectivity index is 1.09. The standard InChI is InChI=1S/C27H32F2N2O3S/c1-2-27(11-17-4-3-5-20(8-17)30-35(33,34)21-6-7-21)22-14-31(15-23(22)27)16-26(32)12-18-9-24(28)25(29)10-19(18)13-26/h3-5,8-10,21-23,30,32H,2,6-7,11-16H2,1H3/t22-,23+,27?. The molecule has 1 saturated heterocycles. The van der Waals surface area contributed by atoms with Gasteiger partial charge in [-0.05, 0) is 83.9 Å². The first-order valence-corrected chi connectivity index (χ1v) is 14.2. The van der Waals surface area contributed by atoms with Crippen LogP contribution in [0.5, 0.6) is 0 Å². The van der Waals surface area contributed by atoms with Crippen molar-refractivity contribution in [3.63, 3.8) is 0 Å². The zero-order valence-corrected chi connectivity index (χ0v) is 20.8. The molecule has 0 aromatic heterocycles. The highest BCUT2D eigenvalue weighted by Crippen LogP contribution is 2.66. The van der Waals surface area contributed by atoms with Gasteiger partial charge in [-0.15, -0.1) is 0 Å². The van der Waals surface area contributed by atoms with E-state index in [1.54, 1.807) is 0 Å². The average Bonchev–Trinajstić information content (AvgIpc) is 3.65. The van der Waals surface area contributed by atoms with E-state index >= 15 is 0 Å². The van der Waals surface area contributed by atoms with E-state index in [1.807, 2.05) is 18.2 Å². The summed E-state index contributed by atoms with van der Waals surface area (Å²) in [7, 11) is -3.28. The van der Waals surface area contributed by atoms with Crippen LogP contribution in [0.1, 0.15) is 42.9 Å². The Labute approximate surface area is 205 Å². The molecule has 0 spiro atoms. The van der Waals surface area contributed by atoms with Crippen LogP contribution in [0.25, 0.3) is 0 Å². The second-order valence-corrected chi connectivity index (χ2v) is 13.3. The van der Waals surface area contributed by atoms with E-state index in [1.165, 1.54) is 12.1 Å². The summed E-state index contributed by atoms with van der Waals surface area (Å²) in [6.45, 7) is 4.56. The van der Waals surface area contributed by atoms with Gasteiger partial charge in [-0.1, -0.05) is 19.1 Å². The SMILES string of the molecule is CCC1(Cc2cccc(NS(=O)(=O)C3CC3)c2)[C@@H]2CN(CC3(O)Cc4cc(F)c(F)cc4C3)C[C@@H]21. The summed E-state index contributed by atoms with van der Waals surface area (Å²) in [5, 5.41) is 11.0. The number of halogens is 2. The van der Waals surface area contributed by atoms with Gasteiger partial charge < -0.3 is 5.11 Å². The zero-order chi connectivity index (χ0) is 24.6. The van der Waals surface area contributed by atoms with Gasteiger partial charge in [0.25, 0.3) is 0 Å². The Morgan fingerprint density at radius 1 is 1.06 bits per heavy atom. The Morgan fingerprint density at radius 2 is 1.69 bits per heavy atom. The number of nitrogens with one attached hydrogen (secondary N) is 1. The quantitative estimate of drug-likeness (QED) is 0.575. The fourth-order valence-corrected chi connectivity index (χ4v) is 8.35. The van der Waals surface area contributed by atoms with E-state index in [2.05, 4.69) is 22.6 Å². The molecule has 1 heterocycles. The van der Waals surface area contributed by atoms with Crippen LogP contribution in [0, 0.1) is 28.9 Å². The fraction of sp³-hybridized carbons (Fsp3) is 0.556. The van der Waals surface area contributed by atoms with Crippen molar-refractivity contribution in [3.05, 3.63) is 64.7 Å². The first-order chi connectivity index (χ1) is 16.6. The highest BCUT2D eigenvalue weighted by Gasteiger charge is 2.66. The number of piperidine rings is 1. The molecule has 2 N–H and O–H groups in total. The maximum absolute atomic E-state index is 13.6. The maximum atomic E-state index is 13.6. The van der Waals surface area contributed by atoms with Crippen LogP contribution in [0.2, 0.25) is 0 Å². The lowest BCUT2D eigenvalue weighted by atomic mass is 9.88. The molecule has 2 aromatic carbocycles. The first-order valence-electron chi connectivity index (χ1n) is 12.6. The smallest absolute Gasteiger partial charge is 0.235 e. The predicted molar refractivity (Wildman–Crippen MR) is 131 cm³/mol. The van der Waals surface area contributed by atoms with Crippen LogP contribution >= 0.6 is 0 Å². The lowest BCUT2D eigenvalue weighted by Crippen LogP contribution is -2.44. The molecule has 8 heteroatoms. The van der Waals surface area contributed by atoms with Crippen molar-refractivity contribution < 1.29 is 22.3 Å². The van der Waals surface area contributed by atoms with Gasteiger partial charge in [0, 0.05) is 38.2 Å². The summed E-state index contributed by atoms with van der Waals surface area (Å²) < 4.78 is 54.7. The van der Waals surface area contributed by atoms with E-state index in [0.717, 1.165) is 44.3 Å². The number of likely N-dealkylation sites (tertiary alicyclic amines) is 1. The second kappa shape index (κ2) is 7.98. The van der Waals surface area contributed by atoms with Crippen LogP contribution < -0.4 is 4.72 Å². The number of hydrogen-bond donors (Lipinski definition) is 2. The number of β-amino-alcohol motifs (C(OH)–C–C–N with tert-alkyl or cyclic N) is 1. The maximum Gasteiger partial charge on any atom is 0.235 e. The van der Waals surface area contributed by atoms with Gasteiger partial charge >= 0.3 is 0 Å². The Morgan fingerprint density at radius 3 is 2.26 bits per heavy atom. The lowest BCUT2D eigenvalue weighted by Gasteiger charge is -2.32. The summed E-state index contributed by atoms with van der Waals surface area (Å²) in [6, 6.07) is 10.2. The monoisotopic (exact) mass is 502 g/mol. The van der Waals surface area contributed by atoms with Crippen molar-refractivity contribution in [1.29, 1.82) is 0 Å².